The van der Waals surface area contributed by atoms with Crippen LogP contribution in [0, 0.1) is 9.39 Å². The van der Waals surface area contributed by atoms with Crippen molar-refractivity contribution in [2.75, 3.05) is 16.4 Å². The molecular weight excluding hydrogens is 514 g/mol. The Kier molecular flexibility index (Phi) is 5.49. The largest absolute Gasteiger partial charge is 0.316 e. The predicted molar refractivity (Wildman–Crippen MR) is 118 cm³/mol. The summed E-state index contributed by atoms with van der Waals surface area (Å²) in [7, 11) is -3.10. The summed E-state index contributed by atoms with van der Waals surface area (Å²) in [6.07, 6.45) is 0.0676. The minimum atomic E-state index is -3.10. The molecule has 2 saturated heterocycles. The molecule has 0 N–H and O–H groups in total. The molecule has 2 atom stereocenters. The molecule has 1 amide bonds. The molecule has 0 aromatic heterocycles. The standard InChI is InChI=1S/C19H16FIN2O3S2/c20-13-6-4-12(5-7-13)8-18(24)22-19-23(15-3-1-2-14(21)9-15)16-10-28(25,26)11-17(16)27-19/h1-7,9,16-17H,8,10-11H2. The van der Waals surface area contributed by atoms with Crippen LogP contribution in [0.1, 0.15) is 5.56 Å². The van der Waals surface area contributed by atoms with Gasteiger partial charge in [0.15, 0.2) is 15.0 Å². The number of aliphatic imine (C=N–C) groups is 1. The maximum absolute atomic E-state index is 13.0. The van der Waals surface area contributed by atoms with E-state index in [2.05, 4.69) is 27.6 Å². The van der Waals surface area contributed by atoms with Gasteiger partial charge in [-0.05, 0) is 58.5 Å². The summed E-state index contributed by atoms with van der Waals surface area (Å²) in [5, 5.41) is 0.388. The number of benzene rings is 2. The molecule has 0 radical (unpaired) electrons. The Hall–Kier alpha value is -1.46. The number of halogens is 2. The minimum Gasteiger partial charge on any atom is -0.316 e. The molecule has 2 unspecified atom stereocenters. The summed E-state index contributed by atoms with van der Waals surface area (Å²) in [6.45, 7) is 0. The fourth-order valence-electron chi connectivity index (χ4n) is 3.42. The Labute approximate surface area is 180 Å². The van der Waals surface area contributed by atoms with Gasteiger partial charge < -0.3 is 4.90 Å². The number of thioether (sulfide) groups is 1. The highest BCUT2D eigenvalue weighted by molar-refractivity contribution is 14.1. The molecule has 9 heteroatoms. The van der Waals surface area contributed by atoms with E-state index in [9.17, 15) is 17.6 Å². The lowest BCUT2D eigenvalue weighted by molar-refractivity contribution is -0.117. The molecule has 28 heavy (non-hydrogen) atoms. The van der Waals surface area contributed by atoms with Crippen molar-refractivity contribution < 1.29 is 17.6 Å². The summed E-state index contributed by atoms with van der Waals surface area (Å²) in [4.78, 5) is 18.7. The van der Waals surface area contributed by atoms with E-state index in [1.165, 1.54) is 23.9 Å². The summed E-state index contributed by atoms with van der Waals surface area (Å²) in [6, 6.07) is 13.2. The van der Waals surface area contributed by atoms with Gasteiger partial charge in [-0.3, -0.25) is 4.79 Å². The molecule has 5 nitrogen and oxygen atoms in total. The number of sulfone groups is 1. The van der Waals surface area contributed by atoms with Crippen molar-refractivity contribution in [1.29, 1.82) is 0 Å². The Morgan fingerprint density at radius 3 is 2.68 bits per heavy atom. The quantitative estimate of drug-likeness (QED) is 0.571. The van der Waals surface area contributed by atoms with Crippen LogP contribution in [0.4, 0.5) is 10.1 Å². The Morgan fingerprint density at radius 1 is 1.21 bits per heavy atom. The second-order valence-corrected chi connectivity index (χ2v) is 11.3. The second kappa shape index (κ2) is 7.75. The lowest BCUT2D eigenvalue weighted by Crippen LogP contribution is -2.37. The van der Waals surface area contributed by atoms with Gasteiger partial charge >= 0.3 is 0 Å². The van der Waals surface area contributed by atoms with Gasteiger partial charge in [0.1, 0.15) is 5.82 Å². The van der Waals surface area contributed by atoms with Gasteiger partial charge in [-0.1, -0.05) is 30.0 Å². The molecule has 2 aliphatic rings. The first-order valence-corrected chi connectivity index (χ1v) is 12.4. The monoisotopic (exact) mass is 530 g/mol. The van der Waals surface area contributed by atoms with Crippen LogP contribution in [0.25, 0.3) is 0 Å². The third-order valence-electron chi connectivity index (χ3n) is 4.64. The second-order valence-electron chi connectivity index (χ2n) is 6.74. The number of nitrogens with zero attached hydrogens (tertiary/aromatic N) is 2. The van der Waals surface area contributed by atoms with Gasteiger partial charge in [-0.15, -0.1) is 0 Å². The van der Waals surface area contributed by atoms with Gasteiger partial charge in [-0.25, -0.2) is 12.8 Å². The van der Waals surface area contributed by atoms with Crippen molar-refractivity contribution in [1.82, 2.24) is 0 Å². The number of carbonyl (C=O) groups is 1. The van der Waals surface area contributed by atoms with Crippen molar-refractivity contribution in [3.05, 3.63) is 63.5 Å². The Balaban J connectivity index is 1.63. The molecule has 0 spiro atoms. The molecule has 0 saturated carbocycles. The van der Waals surface area contributed by atoms with Crippen LogP contribution in [0.5, 0.6) is 0 Å². The number of rotatable bonds is 3. The topological polar surface area (TPSA) is 66.8 Å². The molecule has 2 heterocycles. The van der Waals surface area contributed by atoms with Gasteiger partial charge in [0.05, 0.1) is 24.0 Å². The summed E-state index contributed by atoms with van der Waals surface area (Å²) in [5.41, 5.74) is 1.51. The molecule has 2 aliphatic heterocycles. The van der Waals surface area contributed by atoms with E-state index < -0.39 is 9.84 Å². The lowest BCUT2D eigenvalue weighted by Gasteiger charge is -2.24. The van der Waals surface area contributed by atoms with E-state index in [1.807, 2.05) is 29.2 Å². The van der Waals surface area contributed by atoms with Gasteiger partial charge in [0.25, 0.3) is 5.91 Å². The van der Waals surface area contributed by atoms with E-state index >= 15 is 0 Å². The van der Waals surface area contributed by atoms with Gasteiger partial charge in [-0.2, -0.15) is 4.99 Å². The average molecular weight is 530 g/mol. The first-order chi connectivity index (χ1) is 13.3. The van der Waals surface area contributed by atoms with E-state index in [1.54, 1.807) is 12.1 Å². The van der Waals surface area contributed by atoms with Crippen molar-refractivity contribution in [3.63, 3.8) is 0 Å². The van der Waals surface area contributed by atoms with Crippen LogP contribution in [-0.2, 0) is 21.1 Å². The molecule has 2 aromatic rings. The maximum atomic E-state index is 13.0. The number of hydrogen-bond donors (Lipinski definition) is 0. The highest BCUT2D eigenvalue weighted by Gasteiger charge is 2.49. The molecule has 0 bridgehead atoms. The van der Waals surface area contributed by atoms with Crippen molar-refractivity contribution >= 4 is 61.0 Å². The molecule has 0 aliphatic carbocycles. The summed E-state index contributed by atoms with van der Waals surface area (Å²) in [5.74, 6) is -0.546. The highest BCUT2D eigenvalue weighted by atomic mass is 127. The lowest BCUT2D eigenvalue weighted by atomic mass is 10.1. The van der Waals surface area contributed by atoms with E-state index in [-0.39, 0.29) is 40.9 Å². The summed E-state index contributed by atoms with van der Waals surface area (Å²) >= 11 is 3.55. The minimum absolute atomic E-state index is 0.0569. The smallest absolute Gasteiger partial charge is 0.252 e. The fourth-order valence-corrected chi connectivity index (χ4v) is 7.87. The molecule has 146 valence electrons. The third-order valence-corrected chi connectivity index (χ3v) is 8.52. The van der Waals surface area contributed by atoms with Crippen LogP contribution >= 0.6 is 34.4 Å². The number of carbonyl (C=O) groups excluding carboxylic acids is 1. The first kappa shape index (κ1) is 19.8. The average Bonchev–Trinajstić information content (AvgIpc) is 3.07. The van der Waals surface area contributed by atoms with Crippen LogP contribution in [0.2, 0.25) is 0 Å². The molecule has 2 fully saturated rings. The van der Waals surface area contributed by atoms with Crippen molar-refractivity contribution in [3.8, 4) is 0 Å². The van der Waals surface area contributed by atoms with Crippen LogP contribution in [-0.4, -0.2) is 42.3 Å². The van der Waals surface area contributed by atoms with Crippen LogP contribution in [0.3, 0.4) is 0 Å². The zero-order valence-electron chi connectivity index (χ0n) is 14.6. The van der Waals surface area contributed by atoms with Crippen molar-refractivity contribution in [2.24, 2.45) is 4.99 Å². The number of anilines is 1. The van der Waals surface area contributed by atoms with E-state index in [0.29, 0.717) is 10.7 Å². The Bertz CT molecular complexity index is 1060. The van der Waals surface area contributed by atoms with Crippen LogP contribution in [0.15, 0.2) is 53.5 Å². The van der Waals surface area contributed by atoms with Gasteiger partial charge in [0, 0.05) is 14.5 Å². The molecular formula is C19H16FIN2O3S2. The fraction of sp³-hybridized carbons (Fsp3) is 0.263. The number of amidine groups is 1. The number of amides is 1. The third kappa shape index (κ3) is 4.25. The first-order valence-electron chi connectivity index (χ1n) is 8.58. The number of fused-ring (bicyclic) bond motifs is 1. The zero-order chi connectivity index (χ0) is 19.9. The van der Waals surface area contributed by atoms with Crippen molar-refractivity contribution in [2.45, 2.75) is 17.7 Å². The van der Waals surface area contributed by atoms with E-state index in [0.717, 1.165) is 9.26 Å². The van der Waals surface area contributed by atoms with Gasteiger partial charge in [0.2, 0.25) is 0 Å². The van der Waals surface area contributed by atoms with E-state index in [4.69, 9.17) is 0 Å². The predicted octanol–water partition coefficient (Wildman–Crippen LogP) is 3.27. The highest BCUT2D eigenvalue weighted by Crippen LogP contribution is 2.41. The molecule has 2 aromatic carbocycles. The SMILES string of the molecule is O=C(Cc1ccc(F)cc1)N=C1SC2CS(=O)(=O)CC2N1c1cccc(I)c1. The normalized spacial score (nSPS) is 24.5. The van der Waals surface area contributed by atoms with Crippen LogP contribution < -0.4 is 4.90 Å². The maximum Gasteiger partial charge on any atom is 0.252 e. The zero-order valence-corrected chi connectivity index (χ0v) is 18.4. The Morgan fingerprint density at radius 2 is 1.96 bits per heavy atom. The summed E-state index contributed by atoms with van der Waals surface area (Å²) < 4.78 is 38.3. The number of hydrogen-bond acceptors (Lipinski definition) is 4. The molecule has 4 rings (SSSR count).